The number of fused-ring (bicyclic) bond motifs is 1. The number of ether oxygens (including phenoxy) is 1. The molecular formula is C13H11FN4O. The van der Waals surface area contributed by atoms with E-state index < -0.39 is 0 Å². The molecule has 0 saturated carbocycles. The maximum atomic E-state index is 13.1. The van der Waals surface area contributed by atoms with Crippen molar-refractivity contribution in [2.75, 3.05) is 0 Å². The van der Waals surface area contributed by atoms with Gasteiger partial charge in [-0.2, -0.15) is 14.6 Å². The van der Waals surface area contributed by atoms with Crippen molar-refractivity contribution in [1.29, 1.82) is 0 Å². The Kier molecular flexibility index (Phi) is 2.83. The van der Waals surface area contributed by atoms with Crippen molar-refractivity contribution in [1.82, 2.24) is 19.6 Å². The predicted octanol–water partition coefficient (Wildman–Crippen LogP) is 2.40. The first kappa shape index (κ1) is 11.6. The van der Waals surface area contributed by atoms with Crippen LogP contribution < -0.4 is 4.74 Å². The molecule has 3 rings (SSSR count). The van der Waals surface area contributed by atoms with E-state index in [2.05, 4.69) is 15.1 Å². The molecule has 2 aromatic heterocycles. The fraction of sp³-hybridized carbons (Fsp3) is 0.154. The summed E-state index contributed by atoms with van der Waals surface area (Å²) >= 11 is 0. The number of rotatable bonds is 3. The Morgan fingerprint density at radius 2 is 2.16 bits per heavy atom. The summed E-state index contributed by atoms with van der Waals surface area (Å²) in [5, 5.41) is 4.09. The normalized spacial score (nSPS) is 12.5. The molecule has 0 N–H and O–H groups in total. The highest BCUT2D eigenvalue weighted by atomic mass is 19.1. The smallest absolute Gasteiger partial charge is 0.252 e. The van der Waals surface area contributed by atoms with E-state index in [1.54, 1.807) is 28.9 Å². The van der Waals surface area contributed by atoms with Crippen LogP contribution in [-0.4, -0.2) is 19.6 Å². The van der Waals surface area contributed by atoms with Crippen LogP contribution in [0.25, 0.3) is 5.78 Å². The number of nitrogens with zero attached hydrogens (tertiary/aromatic N) is 4. The van der Waals surface area contributed by atoms with Crippen molar-refractivity contribution >= 4 is 5.78 Å². The molecular weight excluding hydrogens is 247 g/mol. The second-order valence-corrected chi connectivity index (χ2v) is 4.06. The van der Waals surface area contributed by atoms with Gasteiger partial charge in [0, 0.05) is 12.3 Å². The highest BCUT2D eigenvalue weighted by molar-refractivity contribution is 5.28. The fourth-order valence-corrected chi connectivity index (χ4v) is 1.87. The third-order valence-corrected chi connectivity index (χ3v) is 2.74. The SMILES string of the molecule is CC(Oc1cccc(F)c1)c1ccnc2ncnn12. The Morgan fingerprint density at radius 3 is 3.00 bits per heavy atom. The first-order valence-electron chi connectivity index (χ1n) is 5.81. The van der Waals surface area contributed by atoms with E-state index in [9.17, 15) is 4.39 Å². The monoisotopic (exact) mass is 258 g/mol. The lowest BCUT2D eigenvalue weighted by Crippen LogP contribution is -2.10. The van der Waals surface area contributed by atoms with Crippen molar-refractivity contribution in [3.63, 3.8) is 0 Å². The van der Waals surface area contributed by atoms with E-state index in [1.807, 2.05) is 6.92 Å². The van der Waals surface area contributed by atoms with E-state index in [0.717, 1.165) is 5.69 Å². The van der Waals surface area contributed by atoms with Gasteiger partial charge < -0.3 is 4.74 Å². The highest BCUT2D eigenvalue weighted by Gasteiger charge is 2.13. The maximum Gasteiger partial charge on any atom is 0.252 e. The van der Waals surface area contributed by atoms with Crippen LogP contribution in [0.1, 0.15) is 18.7 Å². The fourth-order valence-electron chi connectivity index (χ4n) is 1.87. The minimum Gasteiger partial charge on any atom is -0.484 e. The average Bonchev–Trinajstić information content (AvgIpc) is 2.86. The summed E-state index contributed by atoms with van der Waals surface area (Å²) in [7, 11) is 0. The van der Waals surface area contributed by atoms with Crippen molar-refractivity contribution in [2.24, 2.45) is 0 Å². The molecule has 0 spiro atoms. The van der Waals surface area contributed by atoms with Crippen LogP contribution in [0, 0.1) is 5.82 Å². The minimum atomic E-state index is -0.328. The molecule has 0 bridgehead atoms. The number of halogens is 1. The molecule has 19 heavy (non-hydrogen) atoms. The van der Waals surface area contributed by atoms with Crippen LogP contribution in [0.4, 0.5) is 4.39 Å². The Balaban J connectivity index is 1.91. The molecule has 0 aliphatic rings. The summed E-state index contributed by atoms with van der Waals surface area (Å²) in [4.78, 5) is 8.09. The molecule has 6 heteroatoms. The molecule has 5 nitrogen and oxygen atoms in total. The first-order valence-corrected chi connectivity index (χ1v) is 5.81. The van der Waals surface area contributed by atoms with Gasteiger partial charge in [0.05, 0.1) is 5.69 Å². The second kappa shape index (κ2) is 4.64. The van der Waals surface area contributed by atoms with E-state index >= 15 is 0 Å². The van der Waals surface area contributed by atoms with Crippen molar-refractivity contribution in [3.8, 4) is 5.75 Å². The average molecular weight is 258 g/mol. The molecule has 96 valence electrons. The number of aromatic nitrogens is 4. The maximum absolute atomic E-state index is 13.1. The third-order valence-electron chi connectivity index (χ3n) is 2.74. The molecule has 0 aliphatic carbocycles. The molecule has 0 amide bonds. The van der Waals surface area contributed by atoms with Gasteiger partial charge in [-0.15, -0.1) is 0 Å². The largest absolute Gasteiger partial charge is 0.484 e. The Labute approximate surface area is 108 Å². The quantitative estimate of drug-likeness (QED) is 0.724. The van der Waals surface area contributed by atoms with Gasteiger partial charge in [-0.3, -0.25) is 0 Å². The summed E-state index contributed by atoms with van der Waals surface area (Å²) in [5.74, 6) is 0.648. The van der Waals surface area contributed by atoms with E-state index in [0.29, 0.717) is 11.5 Å². The van der Waals surface area contributed by atoms with Gasteiger partial charge in [0.15, 0.2) is 0 Å². The summed E-state index contributed by atoms with van der Waals surface area (Å²) in [6, 6.07) is 7.83. The predicted molar refractivity (Wildman–Crippen MR) is 66.2 cm³/mol. The lowest BCUT2D eigenvalue weighted by atomic mass is 10.2. The Morgan fingerprint density at radius 1 is 1.26 bits per heavy atom. The van der Waals surface area contributed by atoms with Crippen LogP contribution in [0.2, 0.25) is 0 Å². The molecule has 0 saturated heterocycles. The zero-order valence-electron chi connectivity index (χ0n) is 10.2. The van der Waals surface area contributed by atoms with Gasteiger partial charge in [0.1, 0.15) is 24.0 Å². The Bertz CT molecular complexity index is 712. The van der Waals surface area contributed by atoms with Crippen molar-refractivity contribution in [3.05, 3.63) is 54.4 Å². The van der Waals surface area contributed by atoms with Crippen LogP contribution in [0.3, 0.4) is 0 Å². The van der Waals surface area contributed by atoms with Crippen LogP contribution >= 0.6 is 0 Å². The lowest BCUT2D eigenvalue weighted by Gasteiger charge is -2.15. The van der Waals surface area contributed by atoms with Gasteiger partial charge in [0.25, 0.3) is 5.78 Å². The van der Waals surface area contributed by atoms with Crippen LogP contribution in [-0.2, 0) is 0 Å². The summed E-state index contributed by atoms with van der Waals surface area (Å²) in [6.45, 7) is 1.86. The summed E-state index contributed by atoms with van der Waals surface area (Å²) in [5.41, 5.74) is 0.798. The molecule has 1 unspecified atom stereocenters. The zero-order chi connectivity index (χ0) is 13.2. The van der Waals surface area contributed by atoms with E-state index in [4.69, 9.17) is 4.74 Å². The molecule has 1 aromatic carbocycles. The standard InChI is InChI=1S/C13H11FN4O/c1-9(19-11-4-2-3-10(14)7-11)12-5-6-15-13-16-8-17-18(12)13/h2-9H,1H3. The van der Waals surface area contributed by atoms with Gasteiger partial charge in [-0.25, -0.2) is 9.37 Å². The summed E-state index contributed by atoms with van der Waals surface area (Å²) < 4.78 is 20.4. The van der Waals surface area contributed by atoms with Gasteiger partial charge in [-0.05, 0) is 25.1 Å². The molecule has 0 radical (unpaired) electrons. The third kappa shape index (κ3) is 2.24. The van der Waals surface area contributed by atoms with Crippen molar-refractivity contribution < 1.29 is 9.13 Å². The number of hydrogen-bond acceptors (Lipinski definition) is 4. The first-order chi connectivity index (χ1) is 9.24. The van der Waals surface area contributed by atoms with E-state index in [-0.39, 0.29) is 11.9 Å². The minimum absolute atomic E-state index is 0.297. The summed E-state index contributed by atoms with van der Waals surface area (Å²) in [6.07, 6.45) is 2.78. The van der Waals surface area contributed by atoms with Gasteiger partial charge in [-0.1, -0.05) is 6.07 Å². The van der Waals surface area contributed by atoms with E-state index in [1.165, 1.54) is 18.5 Å². The number of benzene rings is 1. The van der Waals surface area contributed by atoms with Crippen LogP contribution in [0.15, 0.2) is 42.9 Å². The topological polar surface area (TPSA) is 52.3 Å². The Hall–Kier alpha value is -2.50. The molecule has 0 fully saturated rings. The second-order valence-electron chi connectivity index (χ2n) is 4.06. The lowest BCUT2D eigenvalue weighted by molar-refractivity contribution is 0.218. The van der Waals surface area contributed by atoms with Gasteiger partial charge >= 0.3 is 0 Å². The zero-order valence-corrected chi connectivity index (χ0v) is 10.2. The molecule has 1 atom stereocenters. The van der Waals surface area contributed by atoms with Crippen LogP contribution in [0.5, 0.6) is 5.75 Å². The molecule has 2 heterocycles. The van der Waals surface area contributed by atoms with Gasteiger partial charge in [0.2, 0.25) is 0 Å². The highest BCUT2D eigenvalue weighted by Crippen LogP contribution is 2.21. The number of hydrogen-bond donors (Lipinski definition) is 0. The van der Waals surface area contributed by atoms with Crippen molar-refractivity contribution in [2.45, 2.75) is 13.0 Å². The molecule has 0 aliphatic heterocycles. The molecule has 3 aromatic rings.